The number of nitrogens with two attached hydrogens (primary N) is 1. The van der Waals surface area contributed by atoms with Gasteiger partial charge in [-0.15, -0.1) is 5.06 Å². The number of nitrogens with zero attached hydrogens (tertiary/aromatic N) is 2. The summed E-state index contributed by atoms with van der Waals surface area (Å²) in [6.07, 6.45) is 1.07. The Bertz CT molecular complexity index is 1160. The fourth-order valence-electron chi connectivity index (χ4n) is 3.76. The summed E-state index contributed by atoms with van der Waals surface area (Å²) in [6, 6.07) is 12.9. The van der Waals surface area contributed by atoms with E-state index in [2.05, 4.69) is 9.97 Å². The van der Waals surface area contributed by atoms with E-state index in [1.54, 1.807) is 23.3 Å². The number of H-pyrrole nitrogens is 1. The van der Waals surface area contributed by atoms with Crippen molar-refractivity contribution in [2.24, 2.45) is 11.7 Å². The predicted molar refractivity (Wildman–Crippen MR) is 127 cm³/mol. The van der Waals surface area contributed by atoms with Crippen LogP contribution >= 0.6 is 0 Å². The van der Waals surface area contributed by atoms with Gasteiger partial charge in [-0.2, -0.15) is 0 Å². The Kier molecular flexibility index (Phi) is 6.74. The molecule has 1 aromatic heterocycles. The number of primary amides is 1. The van der Waals surface area contributed by atoms with Crippen molar-refractivity contribution in [3.8, 4) is 17.1 Å². The molecule has 1 aliphatic heterocycles. The van der Waals surface area contributed by atoms with Crippen molar-refractivity contribution in [1.82, 2.24) is 15.0 Å². The highest BCUT2D eigenvalue weighted by Crippen LogP contribution is 2.25. The van der Waals surface area contributed by atoms with Gasteiger partial charge in [0, 0.05) is 24.2 Å². The number of hydroxylamine groups is 2. The van der Waals surface area contributed by atoms with Crippen LogP contribution < -0.4 is 10.5 Å². The molecule has 1 amide bonds. The number of imidazole rings is 1. The number of hydrogen-bond acceptors (Lipinski definition) is 7. The van der Waals surface area contributed by atoms with E-state index in [1.165, 1.54) is 0 Å². The van der Waals surface area contributed by atoms with Gasteiger partial charge in [-0.1, -0.05) is 0 Å². The standard InChI is InChI=1S/C25H30N4O5/c1-25(2,3)33-24(31)34-29-12-10-16(11-13-29)15-32-19-7-4-17(5-8-19)23-27-20-9-6-18(22(26)30)14-21(20)28-23/h4-9,14,16H,10-13,15H2,1-3H3,(H2,26,30)(H,27,28). The van der Waals surface area contributed by atoms with Crippen molar-refractivity contribution in [2.45, 2.75) is 39.2 Å². The number of carbonyl (C=O) groups is 2. The summed E-state index contributed by atoms with van der Waals surface area (Å²) in [6.45, 7) is 7.32. The molecule has 3 N–H and O–H groups in total. The Morgan fingerprint density at radius 2 is 1.82 bits per heavy atom. The molecule has 0 radical (unpaired) electrons. The van der Waals surface area contributed by atoms with Gasteiger partial charge in [0.05, 0.1) is 17.6 Å². The number of hydrogen-bond donors (Lipinski definition) is 2. The van der Waals surface area contributed by atoms with E-state index in [0.29, 0.717) is 42.5 Å². The van der Waals surface area contributed by atoms with Crippen molar-refractivity contribution < 1.29 is 23.9 Å². The molecule has 9 nitrogen and oxygen atoms in total. The largest absolute Gasteiger partial charge is 0.528 e. The van der Waals surface area contributed by atoms with Crippen LogP contribution in [-0.2, 0) is 9.57 Å². The fraction of sp³-hybridized carbons (Fsp3) is 0.400. The number of nitrogens with one attached hydrogen (secondary N) is 1. The first-order valence-corrected chi connectivity index (χ1v) is 11.3. The van der Waals surface area contributed by atoms with Gasteiger partial charge in [0.2, 0.25) is 5.91 Å². The minimum atomic E-state index is -0.667. The summed E-state index contributed by atoms with van der Waals surface area (Å²) in [5, 5.41) is 1.65. The van der Waals surface area contributed by atoms with Crippen molar-refractivity contribution in [2.75, 3.05) is 19.7 Å². The second kappa shape index (κ2) is 9.72. The number of aromatic amines is 1. The first kappa shape index (κ1) is 23.6. The van der Waals surface area contributed by atoms with E-state index < -0.39 is 17.7 Å². The summed E-state index contributed by atoms with van der Waals surface area (Å²) >= 11 is 0. The fourth-order valence-corrected chi connectivity index (χ4v) is 3.76. The summed E-state index contributed by atoms with van der Waals surface area (Å²) in [5.74, 6) is 1.39. The number of rotatable bonds is 6. The number of fused-ring (bicyclic) bond motifs is 1. The first-order valence-electron chi connectivity index (χ1n) is 11.3. The zero-order chi connectivity index (χ0) is 24.3. The van der Waals surface area contributed by atoms with Gasteiger partial charge in [-0.3, -0.25) is 4.79 Å². The molecule has 1 saturated heterocycles. The molecule has 1 aliphatic rings. The lowest BCUT2D eigenvalue weighted by atomic mass is 9.99. The van der Waals surface area contributed by atoms with E-state index in [0.717, 1.165) is 29.7 Å². The van der Waals surface area contributed by atoms with Gasteiger partial charge >= 0.3 is 6.16 Å². The van der Waals surface area contributed by atoms with Crippen LogP contribution in [0.2, 0.25) is 0 Å². The van der Waals surface area contributed by atoms with Gasteiger partial charge in [0.25, 0.3) is 0 Å². The number of amides is 1. The second-order valence-corrected chi connectivity index (χ2v) is 9.45. The topological polar surface area (TPSA) is 120 Å². The molecule has 3 aromatic rings. The highest BCUT2D eigenvalue weighted by atomic mass is 16.8. The molecule has 0 unspecified atom stereocenters. The zero-order valence-corrected chi connectivity index (χ0v) is 19.7. The molecule has 2 heterocycles. The van der Waals surface area contributed by atoms with E-state index in [4.69, 9.17) is 20.0 Å². The maximum absolute atomic E-state index is 11.8. The van der Waals surface area contributed by atoms with Crippen LogP contribution in [0.5, 0.6) is 5.75 Å². The highest BCUT2D eigenvalue weighted by Gasteiger charge is 2.25. The average Bonchev–Trinajstić information content (AvgIpc) is 3.21. The molecule has 0 atom stereocenters. The quantitative estimate of drug-likeness (QED) is 0.520. The van der Waals surface area contributed by atoms with Crippen molar-refractivity contribution in [1.29, 1.82) is 0 Å². The molecule has 0 aliphatic carbocycles. The van der Waals surface area contributed by atoms with E-state index in [1.807, 2.05) is 45.0 Å². The Morgan fingerprint density at radius 3 is 2.47 bits per heavy atom. The van der Waals surface area contributed by atoms with Crippen LogP contribution in [0.1, 0.15) is 44.0 Å². The molecule has 180 valence electrons. The third-order valence-electron chi connectivity index (χ3n) is 5.55. The van der Waals surface area contributed by atoms with Crippen molar-refractivity contribution >= 4 is 23.1 Å². The third kappa shape index (κ3) is 6.05. The molecule has 9 heteroatoms. The number of ether oxygens (including phenoxy) is 2. The summed E-state index contributed by atoms with van der Waals surface area (Å²) in [5.41, 5.74) is 7.64. The average molecular weight is 467 g/mol. The molecular formula is C25H30N4O5. The van der Waals surface area contributed by atoms with E-state index in [-0.39, 0.29) is 0 Å². The summed E-state index contributed by atoms with van der Waals surface area (Å²) in [4.78, 5) is 36.3. The maximum Gasteiger partial charge on any atom is 0.528 e. The minimum Gasteiger partial charge on any atom is -0.493 e. The smallest absolute Gasteiger partial charge is 0.493 e. The molecule has 0 saturated carbocycles. The van der Waals surface area contributed by atoms with Gasteiger partial charge in [0.15, 0.2) is 0 Å². The Hall–Kier alpha value is -3.59. The summed E-state index contributed by atoms with van der Waals surface area (Å²) in [7, 11) is 0. The van der Waals surface area contributed by atoms with Gasteiger partial charge < -0.3 is 25.0 Å². The van der Waals surface area contributed by atoms with Crippen LogP contribution in [0.3, 0.4) is 0 Å². The van der Waals surface area contributed by atoms with Crippen molar-refractivity contribution in [3.63, 3.8) is 0 Å². The number of carbonyl (C=O) groups excluding carboxylic acids is 2. The first-order chi connectivity index (χ1) is 16.2. The lowest BCUT2D eigenvalue weighted by Gasteiger charge is -2.30. The molecule has 0 spiro atoms. The van der Waals surface area contributed by atoms with Crippen LogP contribution in [0.15, 0.2) is 42.5 Å². The van der Waals surface area contributed by atoms with Crippen LogP contribution in [0.25, 0.3) is 22.4 Å². The highest BCUT2D eigenvalue weighted by molar-refractivity contribution is 5.96. The lowest BCUT2D eigenvalue weighted by molar-refractivity contribution is -0.156. The van der Waals surface area contributed by atoms with E-state index in [9.17, 15) is 9.59 Å². The summed E-state index contributed by atoms with van der Waals surface area (Å²) < 4.78 is 11.2. The van der Waals surface area contributed by atoms with E-state index >= 15 is 0 Å². The second-order valence-electron chi connectivity index (χ2n) is 9.45. The Balaban J connectivity index is 1.27. The predicted octanol–water partition coefficient (Wildman–Crippen LogP) is 4.29. The van der Waals surface area contributed by atoms with Gasteiger partial charge in [-0.25, -0.2) is 9.78 Å². The van der Waals surface area contributed by atoms with Crippen molar-refractivity contribution in [3.05, 3.63) is 48.0 Å². The SMILES string of the molecule is CC(C)(C)OC(=O)ON1CCC(COc2ccc(-c3nc4cc(C(N)=O)ccc4[nH]3)cc2)CC1. The monoisotopic (exact) mass is 466 g/mol. The molecule has 0 bridgehead atoms. The number of benzene rings is 2. The van der Waals surface area contributed by atoms with Crippen LogP contribution in [-0.4, -0.2) is 52.4 Å². The van der Waals surface area contributed by atoms with Gasteiger partial charge in [0.1, 0.15) is 17.2 Å². The molecular weight excluding hydrogens is 436 g/mol. The van der Waals surface area contributed by atoms with Crippen LogP contribution in [0.4, 0.5) is 4.79 Å². The Labute approximate surface area is 198 Å². The molecule has 2 aromatic carbocycles. The molecule has 34 heavy (non-hydrogen) atoms. The molecule has 4 rings (SSSR count). The lowest BCUT2D eigenvalue weighted by Crippen LogP contribution is -2.38. The van der Waals surface area contributed by atoms with Gasteiger partial charge in [-0.05, 0) is 82.0 Å². The van der Waals surface area contributed by atoms with Crippen LogP contribution in [0, 0.1) is 5.92 Å². The maximum atomic E-state index is 11.8. The number of aromatic nitrogens is 2. The Morgan fingerprint density at radius 1 is 1.12 bits per heavy atom. The number of piperidine rings is 1. The normalized spacial score (nSPS) is 15.3. The third-order valence-corrected chi connectivity index (χ3v) is 5.55. The zero-order valence-electron chi connectivity index (χ0n) is 19.7. The minimum absolute atomic E-state index is 0.382. The molecule has 1 fully saturated rings.